The second kappa shape index (κ2) is 7.38. The summed E-state index contributed by atoms with van der Waals surface area (Å²) in [6, 6.07) is 3.95. The third-order valence-corrected chi connectivity index (χ3v) is 0.809. The largest absolute Gasteiger partial charge is 0.317 e. The standard InChI is InChI=1S/C6H7N.Cl2O2S.ClH/c1-6-3-2-4-7-5-6;1-5(2,3)4;/h2-5H,1H3;;1H. The molecular weight excluding hydrogens is 256 g/mol. The van der Waals surface area contributed by atoms with Crippen molar-refractivity contribution in [1.29, 1.82) is 0 Å². The van der Waals surface area contributed by atoms with Gasteiger partial charge in [-0.05, 0) is 18.6 Å². The lowest BCUT2D eigenvalue weighted by Crippen LogP contribution is -1.69. The van der Waals surface area contributed by atoms with Crippen molar-refractivity contribution in [3.05, 3.63) is 30.1 Å². The SMILES string of the molecule is Cc1cccnc1.Cl.O=S(=O)(Cl)Cl. The number of halogens is 3. The fraction of sp³-hybridized carbons (Fsp3) is 0.167. The summed E-state index contributed by atoms with van der Waals surface area (Å²) in [7, 11) is 4.81. The number of hydrogen-bond acceptors (Lipinski definition) is 3. The van der Waals surface area contributed by atoms with Crippen LogP contribution in [0.15, 0.2) is 24.5 Å². The molecule has 3 nitrogen and oxygen atoms in total. The summed E-state index contributed by atoms with van der Waals surface area (Å²) < 4.78 is 18.3. The molecule has 0 bridgehead atoms. The molecule has 0 spiro atoms. The van der Waals surface area contributed by atoms with Crippen molar-refractivity contribution >= 4 is 42.0 Å². The summed E-state index contributed by atoms with van der Waals surface area (Å²) in [6.07, 6.45) is 3.60. The molecule has 0 radical (unpaired) electrons. The van der Waals surface area contributed by atoms with E-state index in [4.69, 9.17) is 8.42 Å². The highest BCUT2D eigenvalue weighted by molar-refractivity contribution is 8.31. The van der Waals surface area contributed by atoms with Gasteiger partial charge in [0.15, 0.2) is 0 Å². The van der Waals surface area contributed by atoms with Crippen molar-refractivity contribution in [3.8, 4) is 0 Å². The van der Waals surface area contributed by atoms with E-state index in [1.165, 1.54) is 5.56 Å². The van der Waals surface area contributed by atoms with E-state index in [0.717, 1.165) is 0 Å². The number of nitrogens with zero attached hydrogens (tertiary/aromatic N) is 1. The average Bonchev–Trinajstić information content (AvgIpc) is 1.85. The van der Waals surface area contributed by atoms with Gasteiger partial charge in [-0.3, -0.25) is 4.98 Å². The van der Waals surface area contributed by atoms with E-state index in [-0.39, 0.29) is 12.4 Å². The fourth-order valence-corrected chi connectivity index (χ4v) is 0.448. The van der Waals surface area contributed by atoms with Crippen molar-refractivity contribution in [2.75, 3.05) is 0 Å². The molecule has 0 saturated carbocycles. The Morgan fingerprint density at radius 2 is 1.85 bits per heavy atom. The molecule has 1 aromatic heterocycles. The van der Waals surface area contributed by atoms with Crippen LogP contribution in [-0.2, 0) is 8.26 Å². The Kier molecular flexibility index (Phi) is 8.77. The van der Waals surface area contributed by atoms with Crippen LogP contribution in [0.25, 0.3) is 0 Å². The molecule has 0 aliphatic rings. The number of hydrogen-bond donors (Lipinski definition) is 0. The molecule has 0 atom stereocenters. The van der Waals surface area contributed by atoms with Gasteiger partial charge in [0.05, 0.1) is 0 Å². The molecule has 0 aliphatic heterocycles. The zero-order chi connectivity index (χ0) is 9.61. The van der Waals surface area contributed by atoms with E-state index in [0.29, 0.717) is 0 Å². The van der Waals surface area contributed by atoms with Crippen molar-refractivity contribution in [2.24, 2.45) is 0 Å². The molecule has 0 aromatic carbocycles. The van der Waals surface area contributed by atoms with Gasteiger partial charge in [-0.1, -0.05) is 6.07 Å². The predicted molar refractivity (Wildman–Crippen MR) is 56.8 cm³/mol. The van der Waals surface area contributed by atoms with Crippen LogP contribution in [0, 0.1) is 6.92 Å². The normalized spacial score (nSPS) is 9.15. The molecule has 1 heterocycles. The minimum atomic E-state index is -3.72. The van der Waals surface area contributed by atoms with E-state index in [9.17, 15) is 0 Å². The van der Waals surface area contributed by atoms with Crippen LogP contribution in [0.4, 0.5) is 0 Å². The summed E-state index contributed by atoms with van der Waals surface area (Å²) in [4.78, 5) is 3.88. The Hall–Kier alpha value is -0.0300. The number of rotatable bonds is 0. The molecule has 0 unspecified atom stereocenters. The first-order valence-electron chi connectivity index (χ1n) is 2.90. The lowest BCUT2D eigenvalue weighted by molar-refractivity contribution is 0.621. The van der Waals surface area contributed by atoms with Gasteiger partial charge in [0.1, 0.15) is 0 Å². The summed E-state index contributed by atoms with van der Waals surface area (Å²) in [6.45, 7) is 2.02. The first kappa shape index (κ1) is 15.4. The van der Waals surface area contributed by atoms with Gasteiger partial charge in [0.2, 0.25) is 0 Å². The van der Waals surface area contributed by atoms with E-state index >= 15 is 0 Å². The summed E-state index contributed by atoms with van der Waals surface area (Å²) in [5.41, 5.74) is 1.21. The molecule has 0 saturated heterocycles. The van der Waals surface area contributed by atoms with Crippen molar-refractivity contribution in [2.45, 2.75) is 6.92 Å². The Labute approximate surface area is 92.4 Å². The Morgan fingerprint density at radius 1 is 1.38 bits per heavy atom. The lowest BCUT2D eigenvalue weighted by Gasteiger charge is -1.82. The highest BCUT2D eigenvalue weighted by atomic mass is 36.0. The first-order valence-corrected chi connectivity index (χ1v) is 6.04. The summed E-state index contributed by atoms with van der Waals surface area (Å²) in [5.74, 6) is 0. The quantitative estimate of drug-likeness (QED) is 0.677. The zero-order valence-electron chi connectivity index (χ0n) is 6.65. The minimum Gasteiger partial charge on any atom is -0.264 e. The maximum atomic E-state index is 9.16. The van der Waals surface area contributed by atoms with Crippen LogP contribution in [0.5, 0.6) is 0 Å². The second-order valence-electron chi connectivity index (χ2n) is 1.91. The summed E-state index contributed by atoms with van der Waals surface area (Å²) in [5, 5.41) is 0. The minimum absolute atomic E-state index is 0. The molecule has 7 heteroatoms. The lowest BCUT2D eigenvalue weighted by atomic mass is 10.3. The third-order valence-electron chi connectivity index (χ3n) is 0.809. The molecule has 13 heavy (non-hydrogen) atoms. The number of aromatic nitrogens is 1. The van der Waals surface area contributed by atoms with Crippen molar-refractivity contribution < 1.29 is 8.42 Å². The average molecular weight is 265 g/mol. The van der Waals surface area contributed by atoms with Gasteiger partial charge in [-0.15, -0.1) is 12.4 Å². The predicted octanol–water partition coefficient (Wildman–Crippen LogP) is 2.52. The van der Waals surface area contributed by atoms with Gasteiger partial charge < -0.3 is 0 Å². The van der Waals surface area contributed by atoms with Crippen LogP contribution in [0.2, 0.25) is 0 Å². The zero-order valence-corrected chi connectivity index (χ0v) is 9.79. The topological polar surface area (TPSA) is 47.0 Å². The van der Waals surface area contributed by atoms with Crippen LogP contribution >= 0.6 is 33.8 Å². The van der Waals surface area contributed by atoms with Gasteiger partial charge in [-0.2, -0.15) is 8.42 Å². The first-order chi connectivity index (χ1) is 5.39. The Morgan fingerprint density at radius 3 is 2.00 bits per heavy atom. The molecule has 1 aromatic rings. The maximum Gasteiger partial charge on any atom is 0.317 e. The van der Waals surface area contributed by atoms with Crippen molar-refractivity contribution in [1.82, 2.24) is 4.98 Å². The Balaban J connectivity index is 0. The van der Waals surface area contributed by atoms with E-state index < -0.39 is 8.26 Å². The van der Waals surface area contributed by atoms with Crippen LogP contribution < -0.4 is 0 Å². The molecule has 76 valence electrons. The van der Waals surface area contributed by atoms with E-state index in [2.05, 4.69) is 26.3 Å². The Bertz CT molecular complexity index is 306. The van der Waals surface area contributed by atoms with Crippen LogP contribution in [0.3, 0.4) is 0 Å². The number of pyridine rings is 1. The van der Waals surface area contributed by atoms with Crippen LogP contribution in [-0.4, -0.2) is 13.4 Å². The smallest absolute Gasteiger partial charge is 0.264 e. The monoisotopic (exact) mass is 263 g/mol. The molecule has 0 fully saturated rings. The van der Waals surface area contributed by atoms with E-state index in [1.807, 2.05) is 25.3 Å². The van der Waals surface area contributed by atoms with Gasteiger partial charge in [-0.25, -0.2) is 0 Å². The molecule has 1 rings (SSSR count). The molecule has 0 aliphatic carbocycles. The van der Waals surface area contributed by atoms with Gasteiger partial charge >= 0.3 is 8.26 Å². The third kappa shape index (κ3) is 18.7. The maximum absolute atomic E-state index is 9.16. The fourth-order valence-electron chi connectivity index (χ4n) is 0.448. The molecule has 0 amide bonds. The van der Waals surface area contributed by atoms with Gasteiger partial charge in [0.25, 0.3) is 0 Å². The number of aryl methyl sites for hydroxylation is 1. The summed E-state index contributed by atoms with van der Waals surface area (Å²) >= 11 is 0. The molecular formula is C6H8Cl3NO2S. The highest BCUT2D eigenvalue weighted by Gasteiger charge is 1.88. The molecule has 0 N–H and O–H groups in total. The van der Waals surface area contributed by atoms with Gasteiger partial charge in [0, 0.05) is 33.8 Å². The van der Waals surface area contributed by atoms with Crippen molar-refractivity contribution in [3.63, 3.8) is 0 Å². The highest BCUT2D eigenvalue weighted by Crippen LogP contribution is 1.98. The van der Waals surface area contributed by atoms with E-state index in [1.54, 1.807) is 6.20 Å². The van der Waals surface area contributed by atoms with Crippen LogP contribution in [0.1, 0.15) is 5.56 Å². The second-order valence-corrected chi connectivity index (χ2v) is 5.58.